The third-order valence-corrected chi connectivity index (χ3v) is 3.60. The summed E-state index contributed by atoms with van der Waals surface area (Å²) in [7, 11) is 3.34. The zero-order chi connectivity index (χ0) is 18.0. The molecule has 0 aliphatic carbocycles. The molecule has 25 heavy (non-hydrogen) atoms. The number of fused-ring (bicyclic) bond motifs is 1. The highest BCUT2D eigenvalue weighted by atomic mass is 16.2. The molecule has 8 nitrogen and oxygen atoms in total. The van der Waals surface area contributed by atoms with Crippen molar-refractivity contribution in [1.82, 2.24) is 19.1 Å². The van der Waals surface area contributed by atoms with E-state index < -0.39 is 0 Å². The third kappa shape index (κ3) is 3.42. The zero-order valence-electron chi connectivity index (χ0n) is 13.8. The zero-order valence-corrected chi connectivity index (χ0v) is 13.8. The van der Waals surface area contributed by atoms with Crippen molar-refractivity contribution < 1.29 is 9.59 Å². The maximum atomic E-state index is 12.1. The summed E-state index contributed by atoms with van der Waals surface area (Å²) in [6, 6.07) is 11.7. The number of hydrogen-bond acceptors (Lipinski definition) is 4. The second-order valence-corrected chi connectivity index (χ2v) is 5.69. The number of hydrogen-bond donors (Lipinski definition) is 1. The van der Waals surface area contributed by atoms with E-state index in [1.54, 1.807) is 62.8 Å². The van der Waals surface area contributed by atoms with Crippen LogP contribution in [0.2, 0.25) is 0 Å². The van der Waals surface area contributed by atoms with Crippen molar-refractivity contribution >= 4 is 23.1 Å². The second-order valence-electron chi connectivity index (χ2n) is 5.69. The van der Waals surface area contributed by atoms with Crippen molar-refractivity contribution in [2.45, 2.75) is 6.54 Å². The van der Waals surface area contributed by atoms with Gasteiger partial charge in [0.2, 0.25) is 5.91 Å². The molecule has 0 unspecified atom stereocenters. The van der Waals surface area contributed by atoms with E-state index >= 15 is 0 Å². The molecular weight excluding hydrogens is 322 g/mol. The van der Waals surface area contributed by atoms with Crippen molar-refractivity contribution in [3.05, 3.63) is 64.7 Å². The van der Waals surface area contributed by atoms with Crippen molar-refractivity contribution in [3.63, 3.8) is 0 Å². The fraction of sp³-hybridized carbons (Fsp3) is 0.176. The summed E-state index contributed by atoms with van der Waals surface area (Å²) in [5, 5.41) is 6.79. The lowest BCUT2D eigenvalue weighted by atomic mass is 10.2. The summed E-state index contributed by atoms with van der Waals surface area (Å²) >= 11 is 0. The maximum Gasteiger partial charge on any atom is 0.350 e. The average molecular weight is 339 g/mol. The highest BCUT2D eigenvalue weighted by molar-refractivity contribution is 5.95. The lowest BCUT2D eigenvalue weighted by Gasteiger charge is -2.11. The summed E-state index contributed by atoms with van der Waals surface area (Å²) in [6.45, 7) is -0.196. The first-order valence-corrected chi connectivity index (χ1v) is 7.61. The number of benzene rings is 1. The molecule has 8 heteroatoms. The number of pyridine rings is 1. The normalized spacial score (nSPS) is 10.6. The molecule has 2 heterocycles. The summed E-state index contributed by atoms with van der Waals surface area (Å²) < 4.78 is 2.48. The van der Waals surface area contributed by atoms with Crippen LogP contribution in [0.1, 0.15) is 10.4 Å². The van der Waals surface area contributed by atoms with E-state index in [2.05, 4.69) is 10.4 Å². The first-order valence-electron chi connectivity index (χ1n) is 7.61. The van der Waals surface area contributed by atoms with Gasteiger partial charge in [0.25, 0.3) is 5.91 Å². The van der Waals surface area contributed by atoms with Crippen molar-refractivity contribution in [1.29, 1.82) is 0 Å². The second kappa shape index (κ2) is 6.60. The van der Waals surface area contributed by atoms with Crippen LogP contribution in [0.4, 0.5) is 5.69 Å². The minimum Gasteiger partial charge on any atom is -0.345 e. The monoisotopic (exact) mass is 339 g/mol. The fourth-order valence-corrected chi connectivity index (χ4v) is 2.36. The van der Waals surface area contributed by atoms with Crippen LogP contribution in [-0.2, 0) is 11.3 Å². The predicted molar refractivity (Wildman–Crippen MR) is 92.5 cm³/mol. The molecule has 0 atom stereocenters. The largest absolute Gasteiger partial charge is 0.350 e. The molecular formula is C17H17N5O3. The Morgan fingerprint density at radius 1 is 1.12 bits per heavy atom. The van der Waals surface area contributed by atoms with Crippen LogP contribution in [0.25, 0.3) is 5.65 Å². The molecule has 3 aromatic rings. The van der Waals surface area contributed by atoms with Gasteiger partial charge in [-0.25, -0.2) is 9.48 Å². The number of amides is 2. The fourth-order valence-electron chi connectivity index (χ4n) is 2.36. The molecule has 0 saturated carbocycles. The number of carbonyl (C=O) groups is 2. The summed E-state index contributed by atoms with van der Waals surface area (Å²) in [5.41, 5.74) is 1.17. The molecule has 3 rings (SSSR count). The Balaban J connectivity index is 1.71. The van der Waals surface area contributed by atoms with Crippen LogP contribution >= 0.6 is 0 Å². The predicted octanol–water partition coefficient (Wildman–Crippen LogP) is 0.836. The van der Waals surface area contributed by atoms with Crippen LogP contribution < -0.4 is 11.0 Å². The lowest BCUT2D eigenvalue weighted by Crippen LogP contribution is -2.28. The van der Waals surface area contributed by atoms with E-state index in [1.165, 1.54) is 9.30 Å². The molecule has 0 radical (unpaired) electrons. The van der Waals surface area contributed by atoms with Gasteiger partial charge in [-0.15, -0.1) is 5.10 Å². The van der Waals surface area contributed by atoms with Gasteiger partial charge in [0.05, 0.1) is 0 Å². The van der Waals surface area contributed by atoms with Gasteiger partial charge in [-0.1, -0.05) is 6.07 Å². The van der Waals surface area contributed by atoms with E-state index in [0.717, 1.165) is 4.68 Å². The number of nitrogens with one attached hydrogen (secondary N) is 1. The molecule has 0 spiro atoms. The standard InChI is InChI=1S/C17H17N5O3/c1-20(2)16(24)12-6-8-13(9-7-12)18-15(23)11-22-17(25)21-10-4-3-5-14(21)19-22/h3-10H,11H2,1-2H3,(H,18,23). The quantitative estimate of drug-likeness (QED) is 0.763. The van der Waals surface area contributed by atoms with Gasteiger partial charge in [-0.3, -0.25) is 14.0 Å². The van der Waals surface area contributed by atoms with E-state index in [0.29, 0.717) is 16.9 Å². The molecule has 1 N–H and O–H groups in total. The number of anilines is 1. The Bertz CT molecular complexity index is 985. The van der Waals surface area contributed by atoms with Crippen molar-refractivity contribution in [3.8, 4) is 0 Å². The van der Waals surface area contributed by atoms with Crippen LogP contribution in [0, 0.1) is 0 Å². The first-order chi connectivity index (χ1) is 12.0. The summed E-state index contributed by atoms with van der Waals surface area (Å²) in [4.78, 5) is 37.6. The highest BCUT2D eigenvalue weighted by Gasteiger charge is 2.11. The van der Waals surface area contributed by atoms with Gasteiger partial charge in [0, 0.05) is 31.5 Å². The molecule has 2 aromatic heterocycles. The number of rotatable bonds is 4. The molecule has 1 aromatic carbocycles. The highest BCUT2D eigenvalue weighted by Crippen LogP contribution is 2.11. The van der Waals surface area contributed by atoms with Gasteiger partial charge in [-0.05, 0) is 36.4 Å². The lowest BCUT2D eigenvalue weighted by molar-refractivity contribution is -0.117. The summed E-state index contributed by atoms with van der Waals surface area (Å²) in [6.07, 6.45) is 1.60. The first kappa shape index (κ1) is 16.4. The van der Waals surface area contributed by atoms with Crippen LogP contribution in [0.15, 0.2) is 53.5 Å². The Morgan fingerprint density at radius 3 is 2.48 bits per heavy atom. The van der Waals surface area contributed by atoms with Crippen LogP contribution in [0.3, 0.4) is 0 Å². The SMILES string of the molecule is CN(C)C(=O)c1ccc(NC(=O)Cn2nc3ccccn3c2=O)cc1. The Labute approximate surface area is 143 Å². The Kier molecular flexibility index (Phi) is 4.34. The van der Waals surface area contributed by atoms with Gasteiger partial charge >= 0.3 is 5.69 Å². The van der Waals surface area contributed by atoms with E-state index in [9.17, 15) is 14.4 Å². The topological polar surface area (TPSA) is 88.7 Å². The van der Waals surface area contributed by atoms with E-state index in [4.69, 9.17) is 0 Å². The van der Waals surface area contributed by atoms with E-state index in [1.807, 2.05) is 0 Å². The summed E-state index contributed by atoms with van der Waals surface area (Å²) in [5.74, 6) is -0.494. The van der Waals surface area contributed by atoms with Crippen LogP contribution in [0.5, 0.6) is 0 Å². The minimum absolute atomic E-state index is 0.117. The number of nitrogens with zero attached hydrogens (tertiary/aromatic N) is 4. The molecule has 0 fully saturated rings. The van der Waals surface area contributed by atoms with E-state index in [-0.39, 0.29) is 24.0 Å². The van der Waals surface area contributed by atoms with Gasteiger partial charge in [-0.2, -0.15) is 0 Å². The minimum atomic E-state index is -0.378. The molecule has 0 aliphatic heterocycles. The van der Waals surface area contributed by atoms with Gasteiger partial charge in [0.1, 0.15) is 6.54 Å². The Morgan fingerprint density at radius 2 is 1.84 bits per heavy atom. The molecule has 0 bridgehead atoms. The maximum absolute atomic E-state index is 12.1. The molecule has 2 amide bonds. The molecule has 0 aliphatic rings. The van der Waals surface area contributed by atoms with Crippen LogP contribution in [-0.4, -0.2) is 45.0 Å². The molecule has 128 valence electrons. The number of aromatic nitrogens is 3. The molecule has 0 saturated heterocycles. The van der Waals surface area contributed by atoms with Crippen molar-refractivity contribution in [2.75, 3.05) is 19.4 Å². The average Bonchev–Trinajstić information content (AvgIpc) is 2.91. The van der Waals surface area contributed by atoms with Crippen molar-refractivity contribution in [2.24, 2.45) is 0 Å². The smallest absolute Gasteiger partial charge is 0.345 e. The third-order valence-electron chi connectivity index (χ3n) is 3.60. The Hall–Kier alpha value is -3.42. The van der Waals surface area contributed by atoms with Gasteiger partial charge in [0.15, 0.2) is 5.65 Å². The number of carbonyl (C=O) groups excluding carboxylic acids is 2. The van der Waals surface area contributed by atoms with Gasteiger partial charge < -0.3 is 10.2 Å².